The van der Waals surface area contributed by atoms with Crippen LogP contribution in [-0.4, -0.2) is 38.1 Å². The molecule has 0 heterocycles. The summed E-state index contributed by atoms with van der Waals surface area (Å²) in [6, 6.07) is 5.65. The summed E-state index contributed by atoms with van der Waals surface area (Å²) < 4.78 is 18.8. The lowest BCUT2D eigenvalue weighted by Gasteiger charge is -2.08. The number of hydrogen-bond acceptors (Lipinski definition) is 3. The van der Waals surface area contributed by atoms with E-state index < -0.39 is 11.7 Å². The SMILES string of the molecule is O=C(CNC(=O)c1ccccc1F)NCCCOCC1CC1. The predicted octanol–water partition coefficient (Wildman–Crippen LogP) is 1.49. The minimum absolute atomic E-state index is 0.0659. The van der Waals surface area contributed by atoms with Crippen molar-refractivity contribution in [3.63, 3.8) is 0 Å². The molecule has 0 unspecified atom stereocenters. The van der Waals surface area contributed by atoms with Gasteiger partial charge in [0.05, 0.1) is 12.1 Å². The minimum atomic E-state index is -0.604. The highest BCUT2D eigenvalue weighted by Gasteiger charge is 2.20. The summed E-state index contributed by atoms with van der Waals surface area (Å²) in [5.74, 6) is -0.760. The lowest BCUT2D eigenvalue weighted by Crippen LogP contribution is -2.37. The molecule has 0 bridgehead atoms. The minimum Gasteiger partial charge on any atom is -0.381 e. The lowest BCUT2D eigenvalue weighted by molar-refractivity contribution is -0.120. The molecular formula is C16H21FN2O3. The first-order valence-electron chi connectivity index (χ1n) is 7.54. The van der Waals surface area contributed by atoms with Gasteiger partial charge in [0, 0.05) is 19.8 Å². The van der Waals surface area contributed by atoms with E-state index >= 15 is 0 Å². The van der Waals surface area contributed by atoms with E-state index in [4.69, 9.17) is 4.74 Å². The maximum atomic E-state index is 13.4. The Kier molecular flexibility index (Phi) is 6.33. The molecule has 1 aromatic carbocycles. The third-order valence-corrected chi connectivity index (χ3v) is 3.37. The van der Waals surface area contributed by atoms with E-state index in [1.807, 2.05) is 0 Å². The average Bonchev–Trinajstić information content (AvgIpc) is 3.33. The third kappa shape index (κ3) is 5.81. The Morgan fingerprint density at radius 3 is 2.73 bits per heavy atom. The fraction of sp³-hybridized carbons (Fsp3) is 0.500. The Morgan fingerprint density at radius 1 is 1.23 bits per heavy atom. The second kappa shape index (κ2) is 8.48. The van der Waals surface area contributed by atoms with E-state index in [0.717, 1.165) is 18.9 Å². The van der Waals surface area contributed by atoms with Gasteiger partial charge in [-0.3, -0.25) is 9.59 Å². The maximum absolute atomic E-state index is 13.4. The Bertz CT molecular complexity index is 518. The first-order chi connectivity index (χ1) is 10.7. The molecular weight excluding hydrogens is 287 g/mol. The van der Waals surface area contributed by atoms with Gasteiger partial charge in [-0.2, -0.15) is 0 Å². The molecule has 22 heavy (non-hydrogen) atoms. The van der Waals surface area contributed by atoms with E-state index in [9.17, 15) is 14.0 Å². The molecule has 1 aliphatic carbocycles. The van der Waals surface area contributed by atoms with Gasteiger partial charge in [-0.1, -0.05) is 12.1 Å². The Morgan fingerprint density at radius 2 is 2.00 bits per heavy atom. The zero-order valence-electron chi connectivity index (χ0n) is 12.4. The van der Waals surface area contributed by atoms with Gasteiger partial charge in [-0.05, 0) is 37.3 Å². The highest BCUT2D eigenvalue weighted by atomic mass is 19.1. The van der Waals surface area contributed by atoms with Crippen molar-refractivity contribution < 1.29 is 18.7 Å². The van der Waals surface area contributed by atoms with Gasteiger partial charge in [-0.25, -0.2) is 4.39 Å². The number of carbonyl (C=O) groups excluding carboxylic acids is 2. The van der Waals surface area contributed by atoms with Crippen LogP contribution in [0.1, 0.15) is 29.6 Å². The second-order valence-electron chi connectivity index (χ2n) is 5.38. The summed E-state index contributed by atoms with van der Waals surface area (Å²) in [6.45, 7) is 1.76. The van der Waals surface area contributed by atoms with Gasteiger partial charge in [0.1, 0.15) is 5.82 Å². The van der Waals surface area contributed by atoms with E-state index in [2.05, 4.69) is 10.6 Å². The summed E-state index contributed by atoms with van der Waals surface area (Å²) in [6.07, 6.45) is 3.26. The summed E-state index contributed by atoms with van der Waals surface area (Å²) >= 11 is 0. The van der Waals surface area contributed by atoms with Gasteiger partial charge in [0.25, 0.3) is 5.91 Å². The van der Waals surface area contributed by atoms with Gasteiger partial charge in [0.2, 0.25) is 5.91 Å². The third-order valence-electron chi connectivity index (χ3n) is 3.37. The molecule has 1 fully saturated rings. The van der Waals surface area contributed by atoms with Crippen LogP contribution in [0.15, 0.2) is 24.3 Å². The van der Waals surface area contributed by atoms with Crippen LogP contribution in [-0.2, 0) is 9.53 Å². The molecule has 2 amide bonds. The number of nitrogens with one attached hydrogen (secondary N) is 2. The normalized spacial score (nSPS) is 13.7. The summed E-state index contributed by atoms with van der Waals surface area (Å²) in [5.41, 5.74) is -0.0659. The largest absolute Gasteiger partial charge is 0.381 e. The van der Waals surface area contributed by atoms with Crippen molar-refractivity contribution in [3.05, 3.63) is 35.6 Å². The Hall–Kier alpha value is -1.95. The maximum Gasteiger partial charge on any atom is 0.254 e. The van der Waals surface area contributed by atoms with E-state index in [0.29, 0.717) is 13.2 Å². The van der Waals surface area contributed by atoms with Crippen molar-refractivity contribution in [2.75, 3.05) is 26.3 Å². The highest BCUT2D eigenvalue weighted by Crippen LogP contribution is 2.28. The molecule has 0 radical (unpaired) electrons. The topological polar surface area (TPSA) is 67.4 Å². The zero-order chi connectivity index (χ0) is 15.8. The molecule has 0 spiro atoms. The molecule has 2 N–H and O–H groups in total. The summed E-state index contributed by atoms with van der Waals surface area (Å²) in [4.78, 5) is 23.3. The molecule has 2 rings (SSSR count). The number of ether oxygens (including phenoxy) is 1. The fourth-order valence-electron chi connectivity index (χ4n) is 1.90. The van der Waals surface area contributed by atoms with Gasteiger partial charge in [0.15, 0.2) is 0 Å². The molecule has 1 aliphatic rings. The van der Waals surface area contributed by atoms with Crippen LogP contribution >= 0.6 is 0 Å². The molecule has 0 aromatic heterocycles. The van der Waals surface area contributed by atoms with E-state index in [1.54, 1.807) is 6.07 Å². The highest BCUT2D eigenvalue weighted by molar-refractivity contribution is 5.96. The molecule has 120 valence electrons. The molecule has 0 saturated heterocycles. The first-order valence-corrected chi connectivity index (χ1v) is 7.54. The smallest absolute Gasteiger partial charge is 0.254 e. The molecule has 6 heteroatoms. The lowest BCUT2D eigenvalue weighted by atomic mass is 10.2. The van der Waals surface area contributed by atoms with Crippen molar-refractivity contribution in [3.8, 4) is 0 Å². The molecule has 1 saturated carbocycles. The van der Waals surface area contributed by atoms with Crippen molar-refractivity contribution in [1.29, 1.82) is 0 Å². The monoisotopic (exact) mass is 308 g/mol. The number of rotatable bonds is 9. The predicted molar refractivity (Wildman–Crippen MR) is 79.9 cm³/mol. The zero-order valence-corrected chi connectivity index (χ0v) is 12.4. The van der Waals surface area contributed by atoms with Crippen LogP contribution in [0.25, 0.3) is 0 Å². The van der Waals surface area contributed by atoms with Crippen LogP contribution in [0.4, 0.5) is 4.39 Å². The standard InChI is InChI=1S/C16H21FN2O3/c17-14-5-2-1-4-13(14)16(21)19-10-15(20)18-8-3-9-22-11-12-6-7-12/h1-2,4-5,12H,3,6-11H2,(H,18,20)(H,19,21). The summed E-state index contributed by atoms with van der Waals surface area (Å²) in [7, 11) is 0. The number of amides is 2. The number of halogens is 1. The van der Waals surface area contributed by atoms with Crippen molar-refractivity contribution in [2.24, 2.45) is 5.92 Å². The second-order valence-corrected chi connectivity index (χ2v) is 5.38. The van der Waals surface area contributed by atoms with Gasteiger partial charge < -0.3 is 15.4 Å². The van der Waals surface area contributed by atoms with Crippen molar-refractivity contribution in [2.45, 2.75) is 19.3 Å². The van der Waals surface area contributed by atoms with Crippen LogP contribution < -0.4 is 10.6 Å². The summed E-state index contributed by atoms with van der Waals surface area (Å²) in [5, 5.41) is 5.07. The number of benzene rings is 1. The Balaban J connectivity index is 1.55. The van der Waals surface area contributed by atoms with Crippen LogP contribution in [0.2, 0.25) is 0 Å². The van der Waals surface area contributed by atoms with E-state index in [-0.39, 0.29) is 18.0 Å². The van der Waals surface area contributed by atoms with Crippen LogP contribution in [0.3, 0.4) is 0 Å². The van der Waals surface area contributed by atoms with Crippen molar-refractivity contribution in [1.82, 2.24) is 10.6 Å². The Labute approximate surface area is 129 Å². The molecule has 0 aliphatic heterocycles. The van der Waals surface area contributed by atoms with Gasteiger partial charge >= 0.3 is 0 Å². The number of hydrogen-bond donors (Lipinski definition) is 2. The van der Waals surface area contributed by atoms with E-state index in [1.165, 1.54) is 31.0 Å². The fourth-order valence-corrected chi connectivity index (χ4v) is 1.90. The van der Waals surface area contributed by atoms with Crippen LogP contribution in [0, 0.1) is 11.7 Å². The molecule has 0 atom stereocenters. The first kappa shape index (κ1) is 16.4. The molecule has 5 nitrogen and oxygen atoms in total. The average molecular weight is 308 g/mol. The quantitative estimate of drug-likeness (QED) is 0.679. The van der Waals surface area contributed by atoms with Gasteiger partial charge in [-0.15, -0.1) is 0 Å². The van der Waals surface area contributed by atoms with Crippen LogP contribution in [0.5, 0.6) is 0 Å². The number of carbonyl (C=O) groups is 2. The molecule has 1 aromatic rings. The van der Waals surface area contributed by atoms with Crippen molar-refractivity contribution >= 4 is 11.8 Å².